The lowest BCUT2D eigenvalue weighted by molar-refractivity contribution is -0.0794. The summed E-state index contributed by atoms with van der Waals surface area (Å²) in [5, 5.41) is 10.1. The van der Waals surface area contributed by atoms with Crippen molar-refractivity contribution in [3.05, 3.63) is 22.7 Å². The predicted octanol–water partition coefficient (Wildman–Crippen LogP) is 6.76. The minimum atomic E-state index is -2.76. The van der Waals surface area contributed by atoms with Crippen molar-refractivity contribution in [3.8, 4) is 0 Å². The monoisotopic (exact) mass is 595 g/mol. The number of hydrogen-bond acceptors (Lipinski definition) is 7. The topological polar surface area (TPSA) is 90.8 Å². The first-order valence-electron chi connectivity index (χ1n) is 14.2. The van der Waals surface area contributed by atoms with Crippen LogP contribution >= 0.6 is 12.2 Å². The zero-order valence-electron chi connectivity index (χ0n) is 25.7. The number of fused-ring (bicyclic) bond motifs is 2. The Kier molecular flexibility index (Phi) is 8.28. The quantitative estimate of drug-likeness (QED) is 0.281. The van der Waals surface area contributed by atoms with E-state index in [4.69, 9.17) is 35.2 Å². The molecule has 0 unspecified atom stereocenters. The van der Waals surface area contributed by atoms with Gasteiger partial charge in [-0.15, -0.1) is 0 Å². The van der Waals surface area contributed by atoms with Gasteiger partial charge in [0.25, 0.3) is 0 Å². The standard InChI is InChI=1S/C28H49N3O5SSi2/c1-26(2,3)38(10,11)35-22-21-19(16-33-39(36-21,27(4,5)6)28(7,8)9)34-25(22)31-15-18(13-12-14-32)20-23(31)29-17-30-24(20)37/h15,17,19,21-22,25,32H,12-14,16H2,1-11H3,(H,29,30,37)/t19-,21-,22-,25-/m1/s1. The normalized spacial score (nSPS) is 26.3. The first-order valence-corrected chi connectivity index (χ1v) is 19.3. The van der Waals surface area contributed by atoms with Gasteiger partial charge in [0, 0.05) is 22.9 Å². The van der Waals surface area contributed by atoms with Crippen LogP contribution in [0.4, 0.5) is 0 Å². The molecule has 2 N–H and O–H groups in total. The Morgan fingerprint density at radius 2 is 1.79 bits per heavy atom. The lowest BCUT2D eigenvalue weighted by Gasteiger charge is -2.54. The van der Waals surface area contributed by atoms with Crippen LogP contribution < -0.4 is 0 Å². The Balaban J connectivity index is 1.86. The third-order valence-corrected chi connectivity index (χ3v) is 18.7. The van der Waals surface area contributed by atoms with Crippen molar-refractivity contribution in [3.63, 3.8) is 0 Å². The highest BCUT2D eigenvalue weighted by atomic mass is 32.1. The van der Waals surface area contributed by atoms with Crippen LogP contribution in [0.5, 0.6) is 0 Å². The van der Waals surface area contributed by atoms with Crippen LogP contribution in [-0.4, -0.2) is 68.0 Å². The molecule has 2 fully saturated rings. The minimum Gasteiger partial charge on any atom is -0.407 e. The van der Waals surface area contributed by atoms with Gasteiger partial charge >= 0.3 is 8.56 Å². The molecule has 0 amide bonds. The Labute approximate surface area is 241 Å². The van der Waals surface area contributed by atoms with Crippen LogP contribution in [0.3, 0.4) is 0 Å². The zero-order valence-corrected chi connectivity index (χ0v) is 28.5. The van der Waals surface area contributed by atoms with Gasteiger partial charge in [0.1, 0.15) is 28.6 Å². The molecule has 0 aromatic carbocycles. The van der Waals surface area contributed by atoms with Crippen molar-refractivity contribution in [2.24, 2.45) is 0 Å². The first-order chi connectivity index (χ1) is 17.8. The fraction of sp³-hybridized carbons (Fsp3) is 0.786. The second kappa shape index (κ2) is 10.4. The molecule has 2 aliphatic heterocycles. The molecule has 39 heavy (non-hydrogen) atoms. The van der Waals surface area contributed by atoms with Crippen LogP contribution in [0.25, 0.3) is 11.0 Å². The summed E-state index contributed by atoms with van der Waals surface area (Å²) in [6.45, 7) is 25.3. The van der Waals surface area contributed by atoms with E-state index in [0.29, 0.717) is 24.1 Å². The van der Waals surface area contributed by atoms with Gasteiger partial charge < -0.3 is 32.7 Å². The summed E-state index contributed by atoms with van der Waals surface area (Å²) in [4.78, 5) is 7.79. The van der Waals surface area contributed by atoms with E-state index in [9.17, 15) is 5.11 Å². The maximum atomic E-state index is 9.53. The molecule has 2 aromatic rings. The molecule has 0 spiro atoms. The number of aryl methyl sites for hydroxylation is 1. The molecule has 4 rings (SSSR count). The summed E-state index contributed by atoms with van der Waals surface area (Å²) in [7, 11) is -4.99. The highest BCUT2D eigenvalue weighted by Gasteiger charge is 2.65. The smallest absolute Gasteiger partial charge is 0.349 e. The molecule has 4 atom stereocenters. The van der Waals surface area contributed by atoms with Crippen molar-refractivity contribution in [2.75, 3.05) is 13.2 Å². The van der Waals surface area contributed by atoms with Gasteiger partial charge in [0.15, 0.2) is 14.5 Å². The summed E-state index contributed by atoms with van der Waals surface area (Å²) in [6, 6.07) is 0. The van der Waals surface area contributed by atoms with E-state index in [1.807, 2.05) is 0 Å². The molecule has 220 valence electrons. The van der Waals surface area contributed by atoms with E-state index in [1.165, 1.54) is 0 Å². The maximum Gasteiger partial charge on any atom is 0.349 e. The van der Waals surface area contributed by atoms with Crippen LogP contribution in [0.1, 0.15) is 80.5 Å². The number of nitrogens with one attached hydrogen (secondary N) is 1. The van der Waals surface area contributed by atoms with Gasteiger partial charge in [-0.2, -0.15) is 0 Å². The highest BCUT2D eigenvalue weighted by Crippen LogP contribution is 2.56. The third-order valence-electron chi connectivity index (χ3n) is 8.82. The van der Waals surface area contributed by atoms with Gasteiger partial charge in [-0.05, 0) is 36.5 Å². The second-order valence-corrected chi connectivity index (χ2v) is 24.7. The van der Waals surface area contributed by atoms with Gasteiger partial charge in [-0.1, -0.05) is 74.5 Å². The number of aliphatic hydroxyl groups is 1. The van der Waals surface area contributed by atoms with E-state index in [-0.39, 0.29) is 40.0 Å². The average molecular weight is 596 g/mol. The largest absolute Gasteiger partial charge is 0.407 e. The molecular formula is C28H49N3O5SSi2. The minimum absolute atomic E-state index is 0.00934. The number of aromatic nitrogens is 3. The number of aromatic amines is 1. The fourth-order valence-corrected chi connectivity index (χ4v) is 12.5. The third kappa shape index (κ3) is 5.38. The molecule has 0 saturated carbocycles. The number of H-pyrrole nitrogens is 1. The summed E-state index contributed by atoms with van der Waals surface area (Å²) in [5.74, 6) is 0. The van der Waals surface area contributed by atoms with E-state index in [1.54, 1.807) is 6.33 Å². The van der Waals surface area contributed by atoms with Crippen molar-refractivity contribution in [2.45, 2.75) is 128 Å². The van der Waals surface area contributed by atoms with Gasteiger partial charge in [0.05, 0.1) is 18.3 Å². The molecule has 2 aliphatic rings. The first kappa shape index (κ1) is 31.0. The van der Waals surface area contributed by atoms with Crippen LogP contribution in [0.2, 0.25) is 28.2 Å². The molecule has 4 heterocycles. The van der Waals surface area contributed by atoms with Crippen molar-refractivity contribution in [1.82, 2.24) is 14.5 Å². The molecule has 11 heteroatoms. The molecule has 0 aliphatic carbocycles. The number of ether oxygens (including phenoxy) is 1. The van der Waals surface area contributed by atoms with Crippen LogP contribution in [0, 0.1) is 4.64 Å². The summed E-state index contributed by atoms with van der Waals surface area (Å²) >= 11 is 5.68. The van der Waals surface area contributed by atoms with E-state index < -0.39 is 23.1 Å². The molecule has 2 aromatic heterocycles. The Morgan fingerprint density at radius 3 is 2.36 bits per heavy atom. The lowest BCUT2D eigenvalue weighted by Crippen LogP contribution is -2.66. The molecule has 2 saturated heterocycles. The zero-order chi connectivity index (χ0) is 29.2. The Hall–Kier alpha value is -0.926. The van der Waals surface area contributed by atoms with Gasteiger partial charge in [-0.25, -0.2) is 4.98 Å². The average Bonchev–Trinajstić information content (AvgIpc) is 3.33. The summed E-state index contributed by atoms with van der Waals surface area (Å²) in [5.41, 5.74) is 1.80. The predicted molar refractivity (Wildman–Crippen MR) is 162 cm³/mol. The van der Waals surface area contributed by atoms with Gasteiger partial charge in [0.2, 0.25) is 0 Å². The van der Waals surface area contributed by atoms with E-state index >= 15 is 0 Å². The molecule has 8 nitrogen and oxygen atoms in total. The molecule has 0 radical (unpaired) electrons. The Morgan fingerprint density at radius 1 is 1.15 bits per heavy atom. The van der Waals surface area contributed by atoms with Crippen molar-refractivity contribution >= 4 is 40.1 Å². The Bertz CT molecular complexity index is 1230. The number of hydrogen-bond donors (Lipinski definition) is 2. The number of nitrogens with zero attached hydrogens (tertiary/aromatic N) is 2. The molecular weight excluding hydrogens is 547 g/mol. The summed E-state index contributed by atoms with van der Waals surface area (Å²) in [6.07, 6.45) is 3.76. The van der Waals surface area contributed by atoms with E-state index in [2.05, 4.69) is 91.2 Å². The molecule has 0 bridgehead atoms. The fourth-order valence-electron chi connectivity index (χ4n) is 6.01. The summed E-state index contributed by atoms with van der Waals surface area (Å²) < 4.78 is 30.8. The number of rotatable bonds is 6. The highest BCUT2D eigenvalue weighted by molar-refractivity contribution is 7.71. The van der Waals surface area contributed by atoms with Crippen LogP contribution in [0.15, 0.2) is 12.5 Å². The second-order valence-electron chi connectivity index (χ2n) is 14.7. The van der Waals surface area contributed by atoms with Gasteiger partial charge in [-0.3, -0.25) is 0 Å². The van der Waals surface area contributed by atoms with E-state index in [0.717, 1.165) is 16.6 Å². The van der Waals surface area contributed by atoms with Crippen molar-refractivity contribution < 1.29 is 23.1 Å². The van der Waals surface area contributed by atoms with Crippen molar-refractivity contribution in [1.29, 1.82) is 0 Å². The SMILES string of the molecule is CC(C)(C)[Si](C)(C)O[C@@H]1[C@@H]2O[Si](C(C)(C)C)(C(C)(C)C)OC[C@H]2O[C@H]1n1cc(CCCO)c2c(=S)[nH]cnc21. The lowest BCUT2D eigenvalue weighted by atomic mass is 10.1. The van der Waals surface area contributed by atoms with Crippen LogP contribution in [-0.2, 0) is 24.4 Å². The maximum absolute atomic E-state index is 9.53. The number of aliphatic hydroxyl groups excluding tert-OH is 1.